The standard InChI is InChI=1S/C22H21F2N3O4/c1-15(30-17-8-6-16(14-25)7-9-17)20(28)26-10-12-27(13-11-26)21(29)18-4-2-3-5-19(18)31-22(23)24/h2-9,15,22H,10-13H2,1H3. The average Bonchev–Trinajstić information content (AvgIpc) is 2.78. The first-order valence-electron chi connectivity index (χ1n) is 9.67. The molecule has 2 amide bonds. The molecule has 0 radical (unpaired) electrons. The Hall–Kier alpha value is -3.67. The first-order chi connectivity index (χ1) is 14.9. The first-order valence-corrected chi connectivity index (χ1v) is 9.67. The lowest BCUT2D eigenvalue weighted by atomic mass is 10.1. The molecule has 2 aromatic rings. The summed E-state index contributed by atoms with van der Waals surface area (Å²) in [6.45, 7) is -0.279. The lowest BCUT2D eigenvalue weighted by Gasteiger charge is -2.36. The van der Waals surface area contributed by atoms with Crippen LogP contribution in [-0.4, -0.2) is 60.5 Å². The van der Waals surface area contributed by atoms with Crippen molar-refractivity contribution in [2.75, 3.05) is 26.2 Å². The maximum atomic E-state index is 12.8. The summed E-state index contributed by atoms with van der Waals surface area (Å²) in [5.41, 5.74) is 0.549. The molecular weight excluding hydrogens is 408 g/mol. The fourth-order valence-electron chi connectivity index (χ4n) is 3.26. The van der Waals surface area contributed by atoms with E-state index in [1.165, 1.54) is 23.1 Å². The summed E-state index contributed by atoms with van der Waals surface area (Å²) in [4.78, 5) is 28.5. The van der Waals surface area contributed by atoms with Crippen LogP contribution in [0.4, 0.5) is 8.78 Å². The van der Waals surface area contributed by atoms with Gasteiger partial charge in [0.1, 0.15) is 11.5 Å². The minimum absolute atomic E-state index is 0.0556. The van der Waals surface area contributed by atoms with Crippen molar-refractivity contribution < 1.29 is 27.8 Å². The van der Waals surface area contributed by atoms with E-state index in [0.717, 1.165) is 0 Å². The minimum Gasteiger partial charge on any atom is -0.481 e. The van der Waals surface area contributed by atoms with E-state index >= 15 is 0 Å². The van der Waals surface area contributed by atoms with E-state index in [9.17, 15) is 18.4 Å². The predicted molar refractivity (Wildman–Crippen MR) is 107 cm³/mol. The van der Waals surface area contributed by atoms with Crippen LogP contribution >= 0.6 is 0 Å². The number of carbonyl (C=O) groups excluding carboxylic acids is 2. The quantitative estimate of drug-likeness (QED) is 0.705. The van der Waals surface area contributed by atoms with Gasteiger partial charge >= 0.3 is 6.61 Å². The molecule has 1 unspecified atom stereocenters. The Labute approximate surface area is 178 Å². The fraction of sp³-hybridized carbons (Fsp3) is 0.318. The van der Waals surface area contributed by atoms with Crippen molar-refractivity contribution in [3.8, 4) is 17.6 Å². The van der Waals surface area contributed by atoms with Crippen molar-refractivity contribution in [3.05, 3.63) is 59.7 Å². The molecule has 1 aliphatic rings. The summed E-state index contributed by atoms with van der Waals surface area (Å²) in [5, 5.41) is 8.84. The SMILES string of the molecule is CC(Oc1ccc(C#N)cc1)C(=O)N1CCN(C(=O)c2ccccc2OC(F)F)CC1. The second-order valence-electron chi connectivity index (χ2n) is 6.89. The summed E-state index contributed by atoms with van der Waals surface area (Å²) in [6, 6.07) is 14.3. The number of piperazine rings is 1. The molecule has 0 saturated carbocycles. The van der Waals surface area contributed by atoms with Gasteiger partial charge in [0.05, 0.1) is 17.2 Å². The molecule has 1 atom stereocenters. The van der Waals surface area contributed by atoms with Gasteiger partial charge in [-0.2, -0.15) is 14.0 Å². The van der Waals surface area contributed by atoms with Crippen LogP contribution in [0.1, 0.15) is 22.8 Å². The van der Waals surface area contributed by atoms with Crippen LogP contribution in [0, 0.1) is 11.3 Å². The lowest BCUT2D eigenvalue weighted by Crippen LogP contribution is -2.53. The number of para-hydroxylation sites is 1. The molecule has 2 aromatic carbocycles. The molecule has 9 heteroatoms. The van der Waals surface area contributed by atoms with Crippen LogP contribution in [0.5, 0.6) is 11.5 Å². The van der Waals surface area contributed by atoms with E-state index in [1.54, 1.807) is 42.2 Å². The molecule has 1 aliphatic heterocycles. The monoisotopic (exact) mass is 429 g/mol. The van der Waals surface area contributed by atoms with Gasteiger partial charge in [-0.05, 0) is 43.3 Å². The zero-order valence-corrected chi connectivity index (χ0v) is 16.8. The number of amides is 2. The smallest absolute Gasteiger partial charge is 0.387 e. The minimum atomic E-state index is -3.03. The van der Waals surface area contributed by atoms with Crippen molar-refractivity contribution in [1.29, 1.82) is 5.26 Å². The molecule has 0 spiro atoms. The molecular formula is C22H21F2N3O4. The number of halogens is 2. The van der Waals surface area contributed by atoms with Crippen molar-refractivity contribution in [3.63, 3.8) is 0 Å². The Morgan fingerprint density at radius 2 is 1.58 bits per heavy atom. The van der Waals surface area contributed by atoms with Crippen LogP contribution in [0.3, 0.4) is 0 Å². The topological polar surface area (TPSA) is 82.9 Å². The molecule has 1 heterocycles. The van der Waals surface area contributed by atoms with Gasteiger partial charge in [-0.3, -0.25) is 9.59 Å². The lowest BCUT2D eigenvalue weighted by molar-refractivity contribution is -0.139. The van der Waals surface area contributed by atoms with Gasteiger partial charge in [0, 0.05) is 26.2 Å². The fourth-order valence-corrected chi connectivity index (χ4v) is 3.26. The number of hydrogen-bond acceptors (Lipinski definition) is 5. The Morgan fingerprint density at radius 1 is 0.968 bits per heavy atom. The maximum absolute atomic E-state index is 12.8. The highest BCUT2D eigenvalue weighted by Crippen LogP contribution is 2.23. The van der Waals surface area contributed by atoms with E-state index in [2.05, 4.69) is 4.74 Å². The Kier molecular flexibility index (Phi) is 7.03. The molecule has 0 bridgehead atoms. The highest BCUT2D eigenvalue weighted by molar-refractivity contribution is 5.97. The molecule has 3 rings (SSSR count). The Balaban J connectivity index is 1.57. The van der Waals surface area contributed by atoms with Gasteiger partial charge in [0.25, 0.3) is 11.8 Å². The Morgan fingerprint density at radius 3 is 2.19 bits per heavy atom. The van der Waals surface area contributed by atoms with Gasteiger partial charge in [-0.1, -0.05) is 12.1 Å². The van der Waals surface area contributed by atoms with Crippen molar-refractivity contribution in [2.45, 2.75) is 19.6 Å². The predicted octanol–water partition coefficient (Wildman–Crippen LogP) is 2.91. The van der Waals surface area contributed by atoms with Crippen LogP contribution in [0.25, 0.3) is 0 Å². The number of carbonyl (C=O) groups is 2. The number of nitrogens with zero attached hydrogens (tertiary/aromatic N) is 3. The zero-order valence-electron chi connectivity index (χ0n) is 16.8. The van der Waals surface area contributed by atoms with Crippen LogP contribution in [-0.2, 0) is 4.79 Å². The summed E-state index contributed by atoms with van der Waals surface area (Å²) in [7, 11) is 0. The molecule has 1 fully saturated rings. The highest BCUT2D eigenvalue weighted by Gasteiger charge is 2.29. The number of nitriles is 1. The van der Waals surface area contributed by atoms with E-state index in [0.29, 0.717) is 24.4 Å². The summed E-state index contributed by atoms with van der Waals surface area (Å²) < 4.78 is 35.3. The number of hydrogen-bond donors (Lipinski definition) is 0. The molecule has 0 aromatic heterocycles. The Bertz CT molecular complexity index is 967. The van der Waals surface area contributed by atoms with Crippen LogP contribution in [0.15, 0.2) is 48.5 Å². The number of alkyl halides is 2. The van der Waals surface area contributed by atoms with Crippen LogP contribution < -0.4 is 9.47 Å². The number of benzene rings is 2. The largest absolute Gasteiger partial charge is 0.481 e. The van der Waals surface area contributed by atoms with E-state index in [-0.39, 0.29) is 30.3 Å². The van der Waals surface area contributed by atoms with Crippen molar-refractivity contribution in [1.82, 2.24) is 9.80 Å². The van der Waals surface area contributed by atoms with E-state index < -0.39 is 18.6 Å². The summed E-state index contributed by atoms with van der Waals surface area (Å²) >= 11 is 0. The van der Waals surface area contributed by atoms with Crippen molar-refractivity contribution >= 4 is 11.8 Å². The molecule has 162 valence electrons. The van der Waals surface area contributed by atoms with Crippen LogP contribution in [0.2, 0.25) is 0 Å². The molecule has 0 N–H and O–H groups in total. The third kappa shape index (κ3) is 5.48. The third-order valence-electron chi connectivity index (χ3n) is 4.86. The van der Waals surface area contributed by atoms with Gasteiger partial charge in [0.15, 0.2) is 6.10 Å². The van der Waals surface area contributed by atoms with E-state index in [1.807, 2.05) is 6.07 Å². The summed E-state index contributed by atoms with van der Waals surface area (Å²) in [6.07, 6.45) is -0.740. The molecule has 0 aliphatic carbocycles. The molecule has 1 saturated heterocycles. The molecule has 7 nitrogen and oxygen atoms in total. The first kappa shape index (κ1) is 22.0. The number of rotatable bonds is 6. The van der Waals surface area contributed by atoms with Gasteiger partial charge in [0.2, 0.25) is 0 Å². The van der Waals surface area contributed by atoms with Gasteiger partial charge < -0.3 is 19.3 Å². The second kappa shape index (κ2) is 9.89. The third-order valence-corrected chi connectivity index (χ3v) is 4.86. The summed E-state index contributed by atoms with van der Waals surface area (Å²) in [5.74, 6) is -0.349. The maximum Gasteiger partial charge on any atom is 0.387 e. The average molecular weight is 429 g/mol. The zero-order chi connectivity index (χ0) is 22.4. The van der Waals surface area contributed by atoms with E-state index in [4.69, 9.17) is 10.00 Å². The number of ether oxygens (including phenoxy) is 2. The normalized spacial score (nSPS) is 14.7. The molecule has 31 heavy (non-hydrogen) atoms. The second-order valence-corrected chi connectivity index (χ2v) is 6.89. The highest BCUT2D eigenvalue weighted by atomic mass is 19.3. The van der Waals surface area contributed by atoms with Crippen molar-refractivity contribution in [2.24, 2.45) is 0 Å². The van der Waals surface area contributed by atoms with Gasteiger partial charge in [-0.25, -0.2) is 0 Å². The van der Waals surface area contributed by atoms with Gasteiger partial charge in [-0.15, -0.1) is 0 Å².